The molecule has 172 valence electrons. The lowest BCUT2D eigenvalue weighted by molar-refractivity contribution is 0.398. The van der Waals surface area contributed by atoms with Crippen LogP contribution in [0.1, 0.15) is 31.2 Å². The molecule has 0 bridgehead atoms. The monoisotopic (exact) mass is 485 g/mol. The summed E-state index contributed by atoms with van der Waals surface area (Å²) >= 11 is 7.45. The molecule has 2 atom stereocenters. The molecule has 0 radical (unpaired) electrons. The Morgan fingerprint density at radius 1 is 1.15 bits per heavy atom. The maximum atomic E-state index is 5.91. The van der Waals surface area contributed by atoms with Gasteiger partial charge in [-0.2, -0.15) is 5.10 Å². The number of hydrogen-bond donors (Lipinski definition) is 1. The number of nitrogens with one attached hydrogen (secondary N) is 1. The van der Waals surface area contributed by atoms with E-state index in [2.05, 4.69) is 48.8 Å². The number of methoxy groups -OCH3 is 1. The zero-order valence-corrected chi connectivity index (χ0v) is 20.2. The van der Waals surface area contributed by atoms with Crippen LogP contribution in [0, 0.1) is 0 Å². The molecule has 1 N–H and O–H groups in total. The maximum absolute atomic E-state index is 5.91. The van der Waals surface area contributed by atoms with Gasteiger partial charge in [-0.25, -0.2) is 15.0 Å². The fourth-order valence-electron chi connectivity index (χ4n) is 3.12. The highest BCUT2D eigenvalue weighted by molar-refractivity contribution is 8.01. The van der Waals surface area contributed by atoms with Crippen LogP contribution in [-0.4, -0.2) is 51.9 Å². The second-order valence-corrected chi connectivity index (χ2v) is 9.11. The molecule has 0 saturated carbocycles. The number of halogens is 1. The average Bonchev–Trinajstić information content (AvgIpc) is 3.43. The van der Waals surface area contributed by atoms with Crippen LogP contribution in [0.4, 0.5) is 5.95 Å². The minimum Gasteiger partial charge on any atom is -0.481 e. The Hall–Kier alpha value is -3.18. The summed E-state index contributed by atoms with van der Waals surface area (Å²) in [7, 11) is 3.47. The summed E-state index contributed by atoms with van der Waals surface area (Å²) in [5.74, 6) is 2.58. The standard InChI is InChI=1S/C21H24ClN9OS/c1-13(19-23-9-16(22)10-24-19)14(2)33-29-21-28-27-20(17-6-5-7-18(26-17)32-4)31(21)12-15-8-25-30(3)11-15/h5-11,13-14H,12H2,1-4H3,(H,28,29). The Labute approximate surface area is 200 Å². The Morgan fingerprint density at radius 3 is 2.64 bits per heavy atom. The van der Waals surface area contributed by atoms with E-state index in [1.165, 1.54) is 11.9 Å². The van der Waals surface area contributed by atoms with E-state index < -0.39 is 0 Å². The van der Waals surface area contributed by atoms with Gasteiger partial charge in [0.2, 0.25) is 11.8 Å². The van der Waals surface area contributed by atoms with Crippen molar-refractivity contribution in [2.24, 2.45) is 7.05 Å². The number of rotatable bonds is 9. The molecule has 0 aliphatic carbocycles. The molecule has 12 heteroatoms. The maximum Gasteiger partial charge on any atom is 0.235 e. The molecule has 2 unspecified atom stereocenters. The molecule has 4 aromatic heterocycles. The molecule has 0 aromatic carbocycles. The summed E-state index contributed by atoms with van der Waals surface area (Å²) in [6.07, 6.45) is 7.01. The van der Waals surface area contributed by atoms with Crippen molar-refractivity contribution in [2.45, 2.75) is 31.6 Å². The third-order valence-electron chi connectivity index (χ3n) is 5.10. The van der Waals surface area contributed by atoms with Crippen molar-refractivity contribution in [3.63, 3.8) is 0 Å². The summed E-state index contributed by atoms with van der Waals surface area (Å²) in [4.78, 5) is 13.2. The Balaban J connectivity index is 1.57. The lowest BCUT2D eigenvalue weighted by atomic mass is 10.1. The normalized spacial score (nSPS) is 13.0. The topological polar surface area (TPSA) is 108 Å². The van der Waals surface area contributed by atoms with Crippen molar-refractivity contribution < 1.29 is 4.74 Å². The van der Waals surface area contributed by atoms with Crippen molar-refractivity contribution >= 4 is 29.5 Å². The number of anilines is 1. The molecular weight excluding hydrogens is 462 g/mol. The van der Waals surface area contributed by atoms with Crippen LogP contribution in [0.3, 0.4) is 0 Å². The van der Waals surface area contributed by atoms with Gasteiger partial charge in [-0.05, 0) is 18.0 Å². The predicted octanol–water partition coefficient (Wildman–Crippen LogP) is 3.83. The predicted molar refractivity (Wildman–Crippen MR) is 128 cm³/mol. The summed E-state index contributed by atoms with van der Waals surface area (Å²) in [6, 6.07) is 5.55. The number of aryl methyl sites for hydroxylation is 1. The van der Waals surface area contributed by atoms with E-state index >= 15 is 0 Å². The van der Waals surface area contributed by atoms with Gasteiger partial charge in [-0.15, -0.1) is 10.2 Å². The van der Waals surface area contributed by atoms with E-state index in [4.69, 9.17) is 16.3 Å². The van der Waals surface area contributed by atoms with Gasteiger partial charge in [0.25, 0.3) is 0 Å². The van der Waals surface area contributed by atoms with E-state index in [1.807, 2.05) is 36.1 Å². The van der Waals surface area contributed by atoms with Gasteiger partial charge in [-0.3, -0.25) is 14.0 Å². The molecule has 0 saturated heterocycles. The van der Waals surface area contributed by atoms with Gasteiger partial charge in [0, 0.05) is 48.4 Å². The van der Waals surface area contributed by atoms with Crippen molar-refractivity contribution in [3.05, 3.63) is 59.4 Å². The van der Waals surface area contributed by atoms with Crippen LogP contribution in [-0.2, 0) is 13.6 Å². The molecule has 33 heavy (non-hydrogen) atoms. The minimum atomic E-state index is 0.0917. The van der Waals surface area contributed by atoms with Gasteiger partial charge >= 0.3 is 0 Å². The molecule has 0 fully saturated rings. The lowest BCUT2D eigenvalue weighted by Crippen LogP contribution is -2.15. The first-order valence-corrected chi connectivity index (χ1v) is 11.5. The Bertz CT molecular complexity index is 1210. The van der Waals surface area contributed by atoms with Crippen LogP contribution in [0.5, 0.6) is 5.88 Å². The zero-order valence-electron chi connectivity index (χ0n) is 18.7. The zero-order chi connectivity index (χ0) is 23.4. The van der Waals surface area contributed by atoms with E-state index in [0.29, 0.717) is 34.9 Å². The minimum absolute atomic E-state index is 0.0917. The largest absolute Gasteiger partial charge is 0.481 e. The smallest absolute Gasteiger partial charge is 0.235 e. The quantitative estimate of drug-likeness (QED) is 0.354. The summed E-state index contributed by atoms with van der Waals surface area (Å²) in [6.45, 7) is 4.71. The molecule has 0 aliphatic rings. The van der Waals surface area contributed by atoms with Gasteiger partial charge in [0.05, 0.1) is 24.9 Å². The van der Waals surface area contributed by atoms with E-state index in [9.17, 15) is 0 Å². The van der Waals surface area contributed by atoms with E-state index in [-0.39, 0.29) is 11.2 Å². The van der Waals surface area contributed by atoms with E-state index in [1.54, 1.807) is 30.3 Å². The molecule has 4 heterocycles. The highest BCUT2D eigenvalue weighted by Gasteiger charge is 2.21. The van der Waals surface area contributed by atoms with Gasteiger partial charge in [0.1, 0.15) is 11.5 Å². The highest BCUT2D eigenvalue weighted by atomic mass is 35.5. The Morgan fingerprint density at radius 2 is 1.94 bits per heavy atom. The molecular formula is C21H24ClN9OS. The van der Waals surface area contributed by atoms with Crippen LogP contribution in [0.2, 0.25) is 5.02 Å². The van der Waals surface area contributed by atoms with Crippen LogP contribution >= 0.6 is 23.5 Å². The number of ether oxygens (including phenoxy) is 1. The SMILES string of the molecule is COc1cccc(-c2nnc(NSC(C)C(C)c3ncc(Cl)cn3)n2Cc2cnn(C)c2)n1. The van der Waals surface area contributed by atoms with Crippen LogP contribution in [0.25, 0.3) is 11.5 Å². The molecule has 0 amide bonds. The highest BCUT2D eigenvalue weighted by Crippen LogP contribution is 2.29. The molecule has 10 nitrogen and oxygen atoms in total. The lowest BCUT2D eigenvalue weighted by Gasteiger charge is -2.19. The second kappa shape index (κ2) is 10.2. The molecule has 4 rings (SSSR count). The van der Waals surface area contributed by atoms with Gasteiger partial charge in [-0.1, -0.05) is 31.5 Å². The summed E-state index contributed by atoms with van der Waals surface area (Å²) in [5, 5.41) is 13.7. The van der Waals surface area contributed by atoms with E-state index in [0.717, 1.165) is 11.4 Å². The third kappa shape index (κ3) is 5.42. The fourth-order valence-corrected chi connectivity index (χ4v) is 3.99. The Kier molecular flexibility index (Phi) is 7.09. The fraction of sp³-hybridized carbons (Fsp3) is 0.333. The average molecular weight is 486 g/mol. The first-order valence-electron chi connectivity index (χ1n) is 10.3. The summed E-state index contributed by atoms with van der Waals surface area (Å²) < 4.78 is 12.4. The summed E-state index contributed by atoms with van der Waals surface area (Å²) in [5.41, 5.74) is 1.69. The van der Waals surface area contributed by atoms with Crippen molar-refractivity contribution in [1.82, 2.24) is 39.5 Å². The number of pyridine rings is 1. The van der Waals surface area contributed by atoms with Gasteiger partial charge in [0.15, 0.2) is 5.82 Å². The first-order chi connectivity index (χ1) is 15.9. The molecule has 0 spiro atoms. The van der Waals surface area contributed by atoms with Gasteiger partial charge < -0.3 is 4.74 Å². The number of nitrogens with zero attached hydrogens (tertiary/aromatic N) is 8. The van der Waals surface area contributed by atoms with Crippen LogP contribution < -0.4 is 9.46 Å². The van der Waals surface area contributed by atoms with Crippen molar-refractivity contribution in [2.75, 3.05) is 11.8 Å². The third-order valence-corrected chi connectivity index (χ3v) is 6.38. The van der Waals surface area contributed by atoms with Crippen molar-refractivity contribution in [3.8, 4) is 17.4 Å². The number of aromatic nitrogens is 8. The first kappa shape index (κ1) is 23.0. The van der Waals surface area contributed by atoms with Crippen LogP contribution in [0.15, 0.2) is 43.0 Å². The number of hydrogen-bond acceptors (Lipinski definition) is 9. The van der Waals surface area contributed by atoms with Crippen molar-refractivity contribution in [1.29, 1.82) is 0 Å². The molecule has 0 aliphatic heterocycles. The second-order valence-electron chi connectivity index (χ2n) is 7.49. The molecule has 4 aromatic rings.